The molecule has 0 fully saturated rings. The number of esters is 1. The normalized spacial score (nSPS) is 14.5. The Balaban J connectivity index is 3.65. The van der Waals surface area contributed by atoms with Crippen LogP contribution in [0, 0.1) is 0 Å². The van der Waals surface area contributed by atoms with Gasteiger partial charge in [0.25, 0.3) is 0 Å². The maximum Gasteiger partial charge on any atom is 0.303 e. The van der Waals surface area contributed by atoms with Crippen LogP contribution < -0.4 is 0 Å². The molecule has 1 atom stereocenters. The van der Waals surface area contributed by atoms with Crippen LogP contribution in [0.1, 0.15) is 79.1 Å². The molecule has 0 aliphatic carbocycles. The largest absolute Gasteiger partial charge is 0.460 e. The third-order valence-electron chi connectivity index (χ3n) is 3.20. The van der Waals surface area contributed by atoms with Gasteiger partial charge in [0.15, 0.2) is 0 Å². The van der Waals surface area contributed by atoms with Gasteiger partial charge in [0.05, 0.1) is 0 Å². The predicted molar refractivity (Wildman–Crippen MR) is 68.5 cm³/mol. The van der Waals surface area contributed by atoms with E-state index in [1.165, 1.54) is 45.4 Å². The van der Waals surface area contributed by atoms with Crippen LogP contribution in [0.15, 0.2) is 0 Å². The molecule has 0 aliphatic heterocycles. The molecule has 0 amide bonds. The van der Waals surface area contributed by atoms with Gasteiger partial charge in [-0.1, -0.05) is 46.0 Å². The van der Waals surface area contributed by atoms with E-state index in [2.05, 4.69) is 13.8 Å². The minimum Gasteiger partial charge on any atom is -0.460 e. The zero-order chi connectivity index (χ0) is 12.4. The van der Waals surface area contributed by atoms with Crippen molar-refractivity contribution in [3.05, 3.63) is 0 Å². The zero-order valence-electron chi connectivity index (χ0n) is 11.5. The van der Waals surface area contributed by atoms with E-state index in [1.807, 2.05) is 6.92 Å². The van der Waals surface area contributed by atoms with E-state index in [9.17, 15) is 4.79 Å². The summed E-state index contributed by atoms with van der Waals surface area (Å²) in [7, 11) is 0. The molecule has 0 radical (unpaired) electrons. The molecular formula is C14H28O2. The average Bonchev–Trinajstić information content (AvgIpc) is 2.22. The van der Waals surface area contributed by atoms with Crippen molar-refractivity contribution in [2.75, 3.05) is 0 Å². The maximum absolute atomic E-state index is 11.0. The maximum atomic E-state index is 11.0. The monoisotopic (exact) mass is 228 g/mol. The van der Waals surface area contributed by atoms with Crippen LogP contribution in [0.3, 0.4) is 0 Å². The summed E-state index contributed by atoms with van der Waals surface area (Å²) in [5.74, 6) is -0.157. The quantitative estimate of drug-likeness (QED) is 0.430. The molecule has 0 bridgehead atoms. The first kappa shape index (κ1) is 15.5. The number of carbonyl (C=O) groups excluding carboxylic acids is 1. The van der Waals surface area contributed by atoms with E-state index in [-0.39, 0.29) is 11.6 Å². The van der Waals surface area contributed by atoms with Crippen molar-refractivity contribution in [1.29, 1.82) is 0 Å². The summed E-state index contributed by atoms with van der Waals surface area (Å²) in [6.07, 6.45) is 9.62. The standard InChI is InChI=1S/C14H28O2/c1-5-7-8-9-10-11-12-14(4,6-2)16-13(3)15/h5-12H2,1-4H3/t14-/m0/s1. The molecule has 0 aromatic carbocycles. The SMILES string of the molecule is CCCCCCCC[C@](C)(CC)OC(C)=O. The summed E-state index contributed by atoms with van der Waals surface area (Å²) >= 11 is 0. The third kappa shape index (κ3) is 7.72. The van der Waals surface area contributed by atoms with Crippen molar-refractivity contribution in [3.63, 3.8) is 0 Å². The Morgan fingerprint density at radius 1 is 1.06 bits per heavy atom. The molecule has 0 spiro atoms. The number of unbranched alkanes of at least 4 members (excludes halogenated alkanes) is 5. The Bertz CT molecular complexity index is 189. The lowest BCUT2D eigenvalue weighted by Crippen LogP contribution is -2.29. The third-order valence-corrected chi connectivity index (χ3v) is 3.20. The molecule has 0 aromatic rings. The average molecular weight is 228 g/mol. The first-order chi connectivity index (χ1) is 7.54. The minimum absolute atomic E-state index is 0.157. The van der Waals surface area contributed by atoms with Crippen LogP contribution in [0.4, 0.5) is 0 Å². The molecule has 2 heteroatoms. The van der Waals surface area contributed by atoms with Gasteiger partial charge in [0.1, 0.15) is 5.60 Å². The Morgan fingerprint density at radius 2 is 1.62 bits per heavy atom. The molecule has 16 heavy (non-hydrogen) atoms. The predicted octanol–water partition coefficient (Wildman–Crippen LogP) is 4.47. The van der Waals surface area contributed by atoms with Gasteiger partial charge < -0.3 is 4.74 Å². The molecule has 0 aromatic heterocycles. The second kappa shape index (κ2) is 8.60. The van der Waals surface area contributed by atoms with Crippen LogP contribution in [0.25, 0.3) is 0 Å². The number of hydrogen-bond donors (Lipinski definition) is 0. The van der Waals surface area contributed by atoms with E-state index >= 15 is 0 Å². The minimum atomic E-state index is -0.239. The number of ether oxygens (including phenoxy) is 1. The number of hydrogen-bond acceptors (Lipinski definition) is 2. The van der Waals surface area contributed by atoms with Gasteiger partial charge in [0, 0.05) is 6.92 Å². The Hall–Kier alpha value is -0.530. The lowest BCUT2D eigenvalue weighted by Gasteiger charge is -2.27. The highest BCUT2D eigenvalue weighted by atomic mass is 16.6. The lowest BCUT2D eigenvalue weighted by molar-refractivity contribution is -0.156. The van der Waals surface area contributed by atoms with E-state index < -0.39 is 0 Å². The fourth-order valence-electron chi connectivity index (χ4n) is 1.93. The Labute approximate surface area is 101 Å². The molecule has 0 aliphatic rings. The van der Waals surface area contributed by atoms with Gasteiger partial charge >= 0.3 is 5.97 Å². The van der Waals surface area contributed by atoms with Crippen molar-refractivity contribution in [2.45, 2.75) is 84.7 Å². The van der Waals surface area contributed by atoms with Gasteiger partial charge in [-0.2, -0.15) is 0 Å². The first-order valence-corrected chi connectivity index (χ1v) is 6.73. The van der Waals surface area contributed by atoms with Crippen LogP contribution in [0.5, 0.6) is 0 Å². The van der Waals surface area contributed by atoms with Crippen LogP contribution in [-0.4, -0.2) is 11.6 Å². The van der Waals surface area contributed by atoms with E-state index in [0.717, 1.165) is 12.8 Å². The Morgan fingerprint density at radius 3 is 2.12 bits per heavy atom. The van der Waals surface area contributed by atoms with Crippen molar-refractivity contribution in [3.8, 4) is 0 Å². The van der Waals surface area contributed by atoms with Crippen molar-refractivity contribution < 1.29 is 9.53 Å². The molecule has 0 N–H and O–H groups in total. The fourth-order valence-corrected chi connectivity index (χ4v) is 1.93. The van der Waals surface area contributed by atoms with Gasteiger partial charge in [-0.3, -0.25) is 4.79 Å². The van der Waals surface area contributed by atoms with Gasteiger partial charge in [-0.05, 0) is 26.2 Å². The number of rotatable bonds is 9. The van der Waals surface area contributed by atoms with Gasteiger partial charge in [-0.25, -0.2) is 0 Å². The highest BCUT2D eigenvalue weighted by Gasteiger charge is 2.24. The number of carbonyl (C=O) groups is 1. The van der Waals surface area contributed by atoms with Gasteiger partial charge in [0.2, 0.25) is 0 Å². The molecule has 0 saturated carbocycles. The van der Waals surface area contributed by atoms with E-state index in [1.54, 1.807) is 0 Å². The topological polar surface area (TPSA) is 26.3 Å². The molecule has 0 heterocycles. The summed E-state index contributed by atoms with van der Waals surface area (Å²) in [5.41, 5.74) is -0.239. The Kier molecular flexibility index (Phi) is 8.32. The van der Waals surface area contributed by atoms with Crippen LogP contribution in [0.2, 0.25) is 0 Å². The van der Waals surface area contributed by atoms with Crippen molar-refractivity contribution >= 4 is 5.97 Å². The second-order valence-electron chi connectivity index (χ2n) is 4.91. The summed E-state index contributed by atoms with van der Waals surface area (Å²) in [5, 5.41) is 0. The summed E-state index contributed by atoms with van der Waals surface area (Å²) in [6.45, 7) is 7.85. The van der Waals surface area contributed by atoms with Crippen LogP contribution in [-0.2, 0) is 9.53 Å². The smallest absolute Gasteiger partial charge is 0.303 e. The second-order valence-corrected chi connectivity index (χ2v) is 4.91. The lowest BCUT2D eigenvalue weighted by atomic mass is 9.94. The van der Waals surface area contributed by atoms with Crippen LogP contribution >= 0.6 is 0 Å². The summed E-state index contributed by atoms with van der Waals surface area (Å²) in [4.78, 5) is 11.0. The van der Waals surface area contributed by atoms with Crippen molar-refractivity contribution in [1.82, 2.24) is 0 Å². The summed E-state index contributed by atoms with van der Waals surface area (Å²) < 4.78 is 5.38. The molecule has 2 nitrogen and oxygen atoms in total. The van der Waals surface area contributed by atoms with Gasteiger partial charge in [-0.15, -0.1) is 0 Å². The highest BCUT2D eigenvalue weighted by molar-refractivity contribution is 5.66. The molecule has 96 valence electrons. The van der Waals surface area contributed by atoms with E-state index in [0.29, 0.717) is 0 Å². The highest BCUT2D eigenvalue weighted by Crippen LogP contribution is 2.23. The zero-order valence-corrected chi connectivity index (χ0v) is 11.5. The van der Waals surface area contributed by atoms with E-state index in [4.69, 9.17) is 4.74 Å². The molecule has 0 saturated heterocycles. The van der Waals surface area contributed by atoms with Crippen molar-refractivity contribution in [2.24, 2.45) is 0 Å². The molecule has 0 unspecified atom stereocenters. The fraction of sp³-hybridized carbons (Fsp3) is 0.929. The summed E-state index contributed by atoms with van der Waals surface area (Å²) in [6, 6.07) is 0. The molecule has 0 rings (SSSR count). The molecular weight excluding hydrogens is 200 g/mol. The first-order valence-electron chi connectivity index (χ1n) is 6.73.